The molecule has 0 amide bonds. The van der Waals surface area contributed by atoms with Gasteiger partial charge in [-0.2, -0.15) is 0 Å². The fraction of sp³-hybridized carbons (Fsp3) is 0.556. The minimum absolute atomic E-state index is 0.126. The zero-order valence-corrected chi connectivity index (χ0v) is 12.9. The predicted octanol–water partition coefficient (Wildman–Crippen LogP) is 4.61. The van der Waals surface area contributed by atoms with E-state index in [1.807, 2.05) is 6.07 Å². The highest BCUT2D eigenvalue weighted by Gasteiger charge is 2.21. The predicted molar refractivity (Wildman–Crippen MR) is 86.8 cm³/mol. The molecule has 1 heterocycles. The summed E-state index contributed by atoms with van der Waals surface area (Å²) in [5.74, 6) is 7.54. The average Bonchev–Trinajstić information content (AvgIpc) is 2.72. The molecule has 1 fully saturated rings. The lowest BCUT2D eigenvalue weighted by atomic mass is 9.92. The molecule has 3 nitrogen and oxygen atoms in total. The molecule has 1 saturated carbocycles. The summed E-state index contributed by atoms with van der Waals surface area (Å²) < 4.78 is 6.01. The molecule has 114 valence electrons. The first-order chi connectivity index (χ1) is 10.3. The van der Waals surface area contributed by atoms with Crippen LogP contribution in [-0.2, 0) is 0 Å². The van der Waals surface area contributed by atoms with Crippen molar-refractivity contribution in [1.82, 2.24) is 5.43 Å². The molecule has 0 saturated heterocycles. The topological polar surface area (TPSA) is 51.2 Å². The Morgan fingerprint density at radius 3 is 2.67 bits per heavy atom. The van der Waals surface area contributed by atoms with Crippen LogP contribution in [0.1, 0.15) is 62.3 Å². The fourth-order valence-electron chi connectivity index (χ4n) is 3.55. The first kappa shape index (κ1) is 14.6. The maximum Gasteiger partial charge on any atom is 0.134 e. The summed E-state index contributed by atoms with van der Waals surface area (Å²) in [4.78, 5) is 0. The lowest BCUT2D eigenvalue weighted by molar-refractivity contribution is 0.327. The third kappa shape index (κ3) is 3.47. The Hall–Kier alpha value is -1.32. The van der Waals surface area contributed by atoms with E-state index in [1.165, 1.54) is 49.5 Å². The van der Waals surface area contributed by atoms with Crippen LogP contribution in [0.2, 0.25) is 0 Å². The second-order valence-electron chi connectivity index (χ2n) is 6.50. The van der Waals surface area contributed by atoms with Gasteiger partial charge in [0.1, 0.15) is 11.3 Å². The molecule has 1 unspecified atom stereocenters. The van der Waals surface area contributed by atoms with E-state index in [2.05, 4.69) is 30.5 Å². The first-order valence-corrected chi connectivity index (χ1v) is 8.22. The zero-order valence-electron chi connectivity index (χ0n) is 12.9. The van der Waals surface area contributed by atoms with Crippen molar-refractivity contribution in [3.63, 3.8) is 0 Å². The molecular weight excluding hydrogens is 260 g/mol. The molecule has 3 N–H and O–H groups in total. The average molecular weight is 286 g/mol. The van der Waals surface area contributed by atoms with Gasteiger partial charge >= 0.3 is 0 Å². The van der Waals surface area contributed by atoms with E-state index >= 15 is 0 Å². The van der Waals surface area contributed by atoms with E-state index in [4.69, 9.17) is 10.3 Å². The molecule has 2 aromatic rings. The maximum absolute atomic E-state index is 6.01. The highest BCUT2D eigenvalue weighted by atomic mass is 16.3. The number of rotatable bonds is 4. The van der Waals surface area contributed by atoms with Crippen molar-refractivity contribution in [2.45, 2.75) is 57.9 Å². The van der Waals surface area contributed by atoms with E-state index in [9.17, 15) is 0 Å². The van der Waals surface area contributed by atoms with Crippen LogP contribution in [0, 0.1) is 12.8 Å². The highest BCUT2D eigenvalue weighted by Crippen LogP contribution is 2.33. The lowest BCUT2D eigenvalue weighted by Gasteiger charge is -2.20. The van der Waals surface area contributed by atoms with Gasteiger partial charge in [-0.25, -0.2) is 5.43 Å². The lowest BCUT2D eigenvalue weighted by Crippen LogP contribution is -2.29. The normalized spacial score (nSPS) is 18.8. The van der Waals surface area contributed by atoms with Crippen molar-refractivity contribution in [3.8, 4) is 0 Å². The first-order valence-electron chi connectivity index (χ1n) is 8.22. The summed E-state index contributed by atoms with van der Waals surface area (Å²) in [5, 5.41) is 1.17. The smallest absolute Gasteiger partial charge is 0.134 e. The van der Waals surface area contributed by atoms with E-state index in [1.54, 1.807) is 0 Å². The van der Waals surface area contributed by atoms with Gasteiger partial charge in [0.05, 0.1) is 6.04 Å². The van der Waals surface area contributed by atoms with Gasteiger partial charge in [0.15, 0.2) is 0 Å². The van der Waals surface area contributed by atoms with Crippen molar-refractivity contribution in [2.24, 2.45) is 11.8 Å². The van der Waals surface area contributed by atoms with Crippen molar-refractivity contribution >= 4 is 11.0 Å². The Kier molecular flexibility index (Phi) is 4.61. The number of hydrogen-bond acceptors (Lipinski definition) is 3. The van der Waals surface area contributed by atoms with Crippen LogP contribution in [0.15, 0.2) is 28.7 Å². The van der Waals surface area contributed by atoms with E-state index in [0.29, 0.717) is 0 Å². The Labute approximate surface area is 126 Å². The molecule has 21 heavy (non-hydrogen) atoms. The van der Waals surface area contributed by atoms with Crippen molar-refractivity contribution in [2.75, 3.05) is 0 Å². The molecule has 3 rings (SSSR count). The van der Waals surface area contributed by atoms with Crippen LogP contribution in [0.3, 0.4) is 0 Å². The van der Waals surface area contributed by atoms with E-state index in [-0.39, 0.29) is 6.04 Å². The van der Waals surface area contributed by atoms with E-state index in [0.717, 1.165) is 23.7 Å². The van der Waals surface area contributed by atoms with E-state index < -0.39 is 0 Å². The number of furan rings is 1. The van der Waals surface area contributed by atoms with Gasteiger partial charge in [0.2, 0.25) is 0 Å². The Bertz CT molecular complexity index is 582. The molecule has 0 radical (unpaired) electrons. The van der Waals surface area contributed by atoms with Crippen LogP contribution in [0.4, 0.5) is 0 Å². The molecule has 0 spiro atoms. The summed E-state index contributed by atoms with van der Waals surface area (Å²) in [6.07, 6.45) is 9.25. The van der Waals surface area contributed by atoms with Gasteiger partial charge in [0, 0.05) is 5.39 Å². The Morgan fingerprint density at radius 1 is 1.19 bits per heavy atom. The largest absolute Gasteiger partial charge is 0.459 e. The van der Waals surface area contributed by atoms with Crippen molar-refractivity contribution in [3.05, 3.63) is 35.6 Å². The number of benzene rings is 1. The van der Waals surface area contributed by atoms with Gasteiger partial charge in [-0.3, -0.25) is 5.84 Å². The molecule has 1 aromatic carbocycles. The van der Waals surface area contributed by atoms with Gasteiger partial charge in [-0.05, 0) is 37.5 Å². The molecule has 1 aliphatic carbocycles. The third-order valence-corrected chi connectivity index (χ3v) is 4.78. The van der Waals surface area contributed by atoms with Crippen LogP contribution >= 0.6 is 0 Å². The second kappa shape index (κ2) is 6.63. The number of nitrogens with one attached hydrogen (secondary N) is 1. The number of hydrogen-bond donors (Lipinski definition) is 2. The SMILES string of the molecule is Cc1ccc2oc(C(CC3CCCCCC3)NN)cc2c1. The summed E-state index contributed by atoms with van der Waals surface area (Å²) in [6, 6.07) is 8.57. The minimum Gasteiger partial charge on any atom is -0.459 e. The molecule has 0 bridgehead atoms. The van der Waals surface area contributed by atoms with Gasteiger partial charge in [-0.1, -0.05) is 50.2 Å². The van der Waals surface area contributed by atoms with Gasteiger partial charge in [0.25, 0.3) is 0 Å². The van der Waals surface area contributed by atoms with Crippen LogP contribution < -0.4 is 11.3 Å². The zero-order chi connectivity index (χ0) is 14.7. The Balaban J connectivity index is 1.77. The summed E-state index contributed by atoms with van der Waals surface area (Å²) in [7, 11) is 0. The molecule has 0 aliphatic heterocycles. The molecule has 3 heteroatoms. The Morgan fingerprint density at radius 2 is 1.95 bits per heavy atom. The van der Waals surface area contributed by atoms with Gasteiger partial charge in [-0.15, -0.1) is 0 Å². The van der Waals surface area contributed by atoms with Gasteiger partial charge < -0.3 is 4.42 Å². The summed E-state index contributed by atoms with van der Waals surface area (Å²) in [5.41, 5.74) is 5.18. The van der Waals surface area contributed by atoms with Crippen LogP contribution in [-0.4, -0.2) is 0 Å². The summed E-state index contributed by atoms with van der Waals surface area (Å²) >= 11 is 0. The molecular formula is C18H26N2O. The highest BCUT2D eigenvalue weighted by molar-refractivity contribution is 5.78. The fourth-order valence-corrected chi connectivity index (χ4v) is 3.55. The number of aryl methyl sites for hydroxylation is 1. The quantitative estimate of drug-likeness (QED) is 0.490. The van der Waals surface area contributed by atoms with Crippen LogP contribution in [0.5, 0.6) is 0 Å². The van der Waals surface area contributed by atoms with Crippen molar-refractivity contribution < 1.29 is 4.42 Å². The third-order valence-electron chi connectivity index (χ3n) is 4.78. The maximum atomic E-state index is 6.01. The van der Waals surface area contributed by atoms with Crippen LogP contribution in [0.25, 0.3) is 11.0 Å². The summed E-state index contributed by atoms with van der Waals surface area (Å²) in [6.45, 7) is 2.11. The monoisotopic (exact) mass is 286 g/mol. The standard InChI is InChI=1S/C18H26N2O/c1-13-8-9-17-15(10-13)12-18(21-17)16(20-19)11-14-6-4-2-3-5-7-14/h8-10,12,14,16,20H,2-7,11,19H2,1H3. The number of nitrogens with two attached hydrogens (primary N) is 1. The molecule has 1 atom stereocenters. The number of fused-ring (bicyclic) bond motifs is 1. The number of hydrazine groups is 1. The minimum atomic E-state index is 0.126. The molecule has 1 aromatic heterocycles. The molecule has 1 aliphatic rings. The second-order valence-corrected chi connectivity index (χ2v) is 6.50. The van der Waals surface area contributed by atoms with Crippen molar-refractivity contribution in [1.29, 1.82) is 0 Å².